The number of ketones is 1. The van der Waals surface area contributed by atoms with Crippen molar-refractivity contribution in [1.82, 2.24) is 10.3 Å². The zero-order valence-corrected chi connectivity index (χ0v) is 19.1. The molecule has 0 saturated carbocycles. The number of carboxylic acids is 1. The Bertz CT molecular complexity index is 1220. The average molecular weight is 464 g/mol. The van der Waals surface area contributed by atoms with Crippen molar-refractivity contribution in [2.45, 2.75) is 39.3 Å². The van der Waals surface area contributed by atoms with Gasteiger partial charge in [0.15, 0.2) is 5.78 Å². The molecule has 0 spiro atoms. The van der Waals surface area contributed by atoms with Gasteiger partial charge in [-0.15, -0.1) is 0 Å². The van der Waals surface area contributed by atoms with Crippen LogP contribution in [0.1, 0.15) is 52.6 Å². The summed E-state index contributed by atoms with van der Waals surface area (Å²) in [5, 5.41) is 11.9. The maximum absolute atomic E-state index is 14.0. The van der Waals surface area contributed by atoms with Crippen LogP contribution in [0, 0.1) is 5.82 Å². The number of alkyl carbamates (subject to hydrolysis) is 1. The Morgan fingerprint density at radius 1 is 1.00 bits per heavy atom. The molecule has 0 fully saturated rings. The first-order chi connectivity index (χ1) is 16.0. The largest absolute Gasteiger partial charge is 0.478 e. The highest BCUT2D eigenvalue weighted by Gasteiger charge is 2.18. The van der Waals surface area contributed by atoms with E-state index in [9.17, 15) is 23.9 Å². The number of aromatic carboxylic acids is 1. The van der Waals surface area contributed by atoms with Gasteiger partial charge < -0.3 is 15.2 Å². The monoisotopic (exact) mass is 464 g/mol. The van der Waals surface area contributed by atoms with Crippen LogP contribution in [0.2, 0.25) is 0 Å². The number of pyridine rings is 1. The number of Topliss-reactive ketones (excluding diaryl/α,β-unsaturated/α-hetero) is 1. The van der Waals surface area contributed by atoms with Crippen molar-refractivity contribution < 1.29 is 28.6 Å². The van der Waals surface area contributed by atoms with E-state index in [4.69, 9.17) is 4.74 Å². The third-order valence-electron chi connectivity index (χ3n) is 4.90. The van der Waals surface area contributed by atoms with Gasteiger partial charge in [0.2, 0.25) is 0 Å². The van der Waals surface area contributed by atoms with Gasteiger partial charge in [-0.3, -0.25) is 9.78 Å². The Kier molecular flexibility index (Phi) is 7.40. The van der Waals surface area contributed by atoms with E-state index in [0.29, 0.717) is 22.3 Å². The van der Waals surface area contributed by atoms with E-state index in [1.807, 2.05) is 0 Å². The van der Waals surface area contributed by atoms with E-state index in [1.54, 1.807) is 51.1 Å². The van der Waals surface area contributed by atoms with E-state index in [0.717, 1.165) is 6.20 Å². The first kappa shape index (κ1) is 24.6. The molecule has 176 valence electrons. The number of carbonyl (C=O) groups is 3. The van der Waals surface area contributed by atoms with E-state index in [-0.39, 0.29) is 29.9 Å². The highest BCUT2D eigenvalue weighted by molar-refractivity contribution is 5.99. The molecule has 2 N–H and O–H groups in total. The number of amides is 1. The Labute approximate surface area is 196 Å². The molecule has 0 radical (unpaired) electrons. The molecule has 1 amide bonds. The van der Waals surface area contributed by atoms with Crippen LogP contribution < -0.4 is 5.32 Å². The molecular formula is C26H25FN2O5. The van der Waals surface area contributed by atoms with Gasteiger partial charge in [0.25, 0.3) is 0 Å². The molecule has 7 nitrogen and oxygen atoms in total. The number of aromatic nitrogens is 1. The number of rotatable bonds is 7. The number of carbonyl (C=O) groups excluding carboxylic acids is 2. The Hall–Kier alpha value is -4.07. The van der Waals surface area contributed by atoms with Crippen LogP contribution in [0.5, 0.6) is 0 Å². The summed E-state index contributed by atoms with van der Waals surface area (Å²) < 4.78 is 19.2. The SMILES string of the molecule is CC(C)(C)OC(=O)NCc1ccc(C(=O)Cc2ccncc2F)cc1-c1ccc(C(=O)O)cc1. The van der Waals surface area contributed by atoms with Crippen molar-refractivity contribution in [3.63, 3.8) is 0 Å². The van der Waals surface area contributed by atoms with Crippen LogP contribution in [0.4, 0.5) is 9.18 Å². The lowest BCUT2D eigenvalue weighted by molar-refractivity contribution is 0.0522. The average Bonchev–Trinajstić information content (AvgIpc) is 2.78. The summed E-state index contributed by atoms with van der Waals surface area (Å²) in [5.41, 5.74) is 2.05. The molecule has 0 aliphatic heterocycles. The van der Waals surface area contributed by atoms with E-state index in [1.165, 1.54) is 24.4 Å². The van der Waals surface area contributed by atoms with E-state index in [2.05, 4.69) is 10.3 Å². The van der Waals surface area contributed by atoms with E-state index < -0.39 is 23.5 Å². The van der Waals surface area contributed by atoms with Gasteiger partial charge in [0.05, 0.1) is 11.8 Å². The smallest absolute Gasteiger partial charge is 0.407 e. The van der Waals surface area contributed by atoms with Crippen molar-refractivity contribution in [2.24, 2.45) is 0 Å². The minimum atomic E-state index is -1.05. The minimum Gasteiger partial charge on any atom is -0.478 e. The van der Waals surface area contributed by atoms with Gasteiger partial charge in [-0.1, -0.05) is 24.3 Å². The summed E-state index contributed by atoms with van der Waals surface area (Å²) in [5.74, 6) is -1.90. The van der Waals surface area contributed by atoms with Crippen molar-refractivity contribution in [3.8, 4) is 11.1 Å². The number of nitrogens with one attached hydrogen (secondary N) is 1. The van der Waals surface area contributed by atoms with E-state index >= 15 is 0 Å². The second-order valence-electron chi connectivity index (χ2n) is 8.68. The maximum Gasteiger partial charge on any atom is 0.407 e. The Morgan fingerprint density at radius 3 is 2.29 bits per heavy atom. The fraction of sp³-hybridized carbons (Fsp3) is 0.231. The Morgan fingerprint density at radius 2 is 1.68 bits per heavy atom. The predicted octanol–water partition coefficient (Wildman–Crippen LogP) is 5.04. The molecule has 3 aromatic rings. The maximum atomic E-state index is 14.0. The van der Waals surface area contributed by atoms with Crippen molar-refractivity contribution in [1.29, 1.82) is 0 Å². The molecule has 2 aromatic carbocycles. The molecule has 0 bridgehead atoms. The molecule has 0 aliphatic carbocycles. The molecule has 0 aliphatic rings. The number of carboxylic acid groups (broad SMARTS) is 1. The van der Waals surface area contributed by atoms with Gasteiger partial charge in [-0.2, -0.15) is 0 Å². The lowest BCUT2D eigenvalue weighted by atomic mass is 9.93. The normalized spacial score (nSPS) is 11.1. The van der Waals surface area contributed by atoms with Gasteiger partial charge in [-0.25, -0.2) is 14.0 Å². The summed E-state index contributed by atoms with van der Waals surface area (Å²) in [6, 6.07) is 12.6. The predicted molar refractivity (Wildman–Crippen MR) is 124 cm³/mol. The quantitative estimate of drug-likeness (QED) is 0.475. The summed E-state index contributed by atoms with van der Waals surface area (Å²) in [6.07, 6.45) is 1.75. The summed E-state index contributed by atoms with van der Waals surface area (Å²) in [4.78, 5) is 39.9. The van der Waals surface area contributed by atoms with Crippen molar-refractivity contribution in [3.05, 3.63) is 89.0 Å². The van der Waals surface area contributed by atoms with Crippen molar-refractivity contribution >= 4 is 17.8 Å². The molecule has 0 atom stereocenters. The molecule has 0 saturated heterocycles. The second-order valence-corrected chi connectivity index (χ2v) is 8.68. The summed E-state index contributed by atoms with van der Waals surface area (Å²) in [7, 11) is 0. The highest BCUT2D eigenvalue weighted by atomic mass is 19.1. The molecule has 3 rings (SSSR count). The summed E-state index contributed by atoms with van der Waals surface area (Å²) in [6.45, 7) is 5.40. The molecule has 1 heterocycles. The number of halogens is 1. The summed E-state index contributed by atoms with van der Waals surface area (Å²) >= 11 is 0. The molecule has 8 heteroatoms. The topological polar surface area (TPSA) is 106 Å². The lowest BCUT2D eigenvalue weighted by Crippen LogP contribution is -2.32. The molecule has 34 heavy (non-hydrogen) atoms. The number of hydrogen-bond acceptors (Lipinski definition) is 5. The van der Waals surface area contributed by atoms with Crippen LogP contribution in [-0.2, 0) is 17.7 Å². The molecule has 0 unspecified atom stereocenters. The van der Waals surface area contributed by atoms with Gasteiger partial charge >= 0.3 is 12.1 Å². The number of benzene rings is 2. The molecular weight excluding hydrogens is 439 g/mol. The third-order valence-corrected chi connectivity index (χ3v) is 4.90. The first-order valence-corrected chi connectivity index (χ1v) is 10.6. The van der Waals surface area contributed by atoms with Gasteiger partial charge in [0.1, 0.15) is 11.4 Å². The standard InChI is InChI=1S/C26H25FN2O5/c1-26(2,3)34-25(33)29-14-20-9-8-19(23(30)13-18-10-11-28-15-22(18)27)12-21(20)16-4-6-17(7-5-16)24(31)32/h4-12,15H,13-14H2,1-3H3,(H,29,33)(H,31,32). The number of nitrogens with zero attached hydrogens (tertiary/aromatic N) is 1. The van der Waals surface area contributed by atoms with Crippen LogP contribution >= 0.6 is 0 Å². The van der Waals surface area contributed by atoms with Crippen LogP contribution in [0.15, 0.2) is 60.9 Å². The highest BCUT2D eigenvalue weighted by Crippen LogP contribution is 2.27. The first-order valence-electron chi connectivity index (χ1n) is 10.6. The van der Waals surface area contributed by atoms with Crippen molar-refractivity contribution in [2.75, 3.05) is 0 Å². The zero-order valence-electron chi connectivity index (χ0n) is 19.1. The number of hydrogen-bond donors (Lipinski definition) is 2. The number of ether oxygens (including phenoxy) is 1. The second kappa shape index (κ2) is 10.2. The fourth-order valence-electron chi connectivity index (χ4n) is 3.27. The van der Waals surface area contributed by atoms with Gasteiger partial charge in [-0.05, 0) is 67.3 Å². The van der Waals surface area contributed by atoms with Gasteiger partial charge in [0, 0.05) is 24.7 Å². The van der Waals surface area contributed by atoms with Crippen LogP contribution in [0.25, 0.3) is 11.1 Å². The molecule has 1 aromatic heterocycles. The van der Waals surface area contributed by atoms with Crippen LogP contribution in [0.3, 0.4) is 0 Å². The lowest BCUT2D eigenvalue weighted by Gasteiger charge is -2.20. The third kappa shape index (κ3) is 6.48. The zero-order chi connectivity index (χ0) is 24.9. The Balaban J connectivity index is 1.92. The fourth-order valence-corrected chi connectivity index (χ4v) is 3.27. The van der Waals surface area contributed by atoms with Crippen LogP contribution in [-0.4, -0.2) is 33.5 Å². The minimum absolute atomic E-state index is 0.123.